The van der Waals surface area contributed by atoms with Crippen molar-refractivity contribution in [2.45, 2.75) is 19.4 Å². The van der Waals surface area contributed by atoms with Crippen LogP contribution in [0.3, 0.4) is 0 Å². The van der Waals surface area contributed by atoms with Crippen molar-refractivity contribution >= 4 is 5.69 Å². The van der Waals surface area contributed by atoms with Crippen LogP contribution in [0.2, 0.25) is 0 Å². The smallest absolute Gasteiger partial charge is 0.269 e. The Balaban J connectivity index is 2.26. The van der Waals surface area contributed by atoms with Gasteiger partial charge in [0.2, 0.25) is 0 Å². The highest BCUT2D eigenvalue weighted by Gasteiger charge is 2.12. The highest BCUT2D eigenvalue weighted by atomic mass is 16.6. The maximum absolute atomic E-state index is 10.5. The Labute approximate surface area is 104 Å². The third kappa shape index (κ3) is 2.41. The number of hydrogen-bond donors (Lipinski definition) is 1. The molecule has 5 heteroatoms. The Morgan fingerprint density at radius 1 is 1.28 bits per heavy atom. The van der Waals surface area contributed by atoms with Gasteiger partial charge in [0.25, 0.3) is 5.69 Å². The number of nitro benzene ring substituents is 1. The Morgan fingerprint density at radius 2 is 1.94 bits per heavy atom. The van der Waals surface area contributed by atoms with E-state index in [-0.39, 0.29) is 5.69 Å². The van der Waals surface area contributed by atoms with Gasteiger partial charge in [-0.2, -0.15) is 0 Å². The fourth-order valence-electron chi connectivity index (χ4n) is 1.64. The minimum Gasteiger partial charge on any atom is -0.458 e. The number of benzene rings is 1. The molecule has 2 rings (SSSR count). The first-order valence-corrected chi connectivity index (χ1v) is 5.64. The lowest BCUT2D eigenvalue weighted by atomic mass is 10.1. The van der Waals surface area contributed by atoms with Gasteiger partial charge in [-0.1, -0.05) is 6.92 Å². The van der Waals surface area contributed by atoms with Crippen LogP contribution in [0.15, 0.2) is 40.8 Å². The van der Waals surface area contributed by atoms with E-state index in [0.29, 0.717) is 17.9 Å². The molecule has 1 heterocycles. The molecule has 1 atom stereocenters. The predicted octanol–water partition coefficient (Wildman–Crippen LogP) is 3.30. The maximum Gasteiger partial charge on any atom is 0.269 e. The number of hydrogen-bond acceptors (Lipinski definition) is 4. The average molecular weight is 247 g/mol. The first kappa shape index (κ1) is 12.3. The van der Waals surface area contributed by atoms with Gasteiger partial charge in [-0.3, -0.25) is 10.1 Å². The van der Waals surface area contributed by atoms with Gasteiger partial charge < -0.3 is 9.52 Å². The van der Waals surface area contributed by atoms with Crippen LogP contribution in [0.5, 0.6) is 0 Å². The lowest BCUT2D eigenvalue weighted by Gasteiger charge is -2.02. The summed E-state index contributed by atoms with van der Waals surface area (Å²) >= 11 is 0. The second-order valence-corrected chi connectivity index (χ2v) is 3.93. The molecule has 0 saturated carbocycles. The van der Waals surface area contributed by atoms with E-state index in [1.54, 1.807) is 24.3 Å². The van der Waals surface area contributed by atoms with Gasteiger partial charge in [0.15, 0.2) is 0 Å². The fraction of sp³-hybridized carbons (Fsp3) is 0.231. The van der Waals surface area contributed by atoms with Crippen LogP contribution in [0.4, 0.5) is 5.69 Å². The monoisotopic (exact) mass is 247 g/mol. The molecular weight excluding hydrogens is 234 g/mol. The van der Waals surface area contributed by atoms with Gasteiger partial charge in [-0.05, 0) is 30.7 Å². The summed E-state index contributed by atoms with van der Waals surface area (Å²) in [6.07, 6.45) is -0.0375. The molecule has 1 N–H and O–H groups in total. The molecule has 0 aliphatic heterocycles. The van der Waals surface area contributed by atoms with Crippen molar-refractivity contribution in [1.29, 1.82) is 0 Å². The summed E-state index contributed by atoms with van der Waals surface area (Å²) in [7, 11) is 0. The van der Waals surface area contributed by atoms with Crippen molar-refractivity contribution in [3.63, 3.8) is 0 Å². The third-order valence-corrected chi connectivity index (χ3v) is 2.70. The zero-order valence-electron chi connectivity index (χ0n) is 9.87. The van der Waals surface area contributed by atoms with Crippen LogP contribution in [0, 0.1) is 10.1 Å². The van der Waals surface area contributed by atoms with Gasteiger partial charge in [0, 0.05) is 17.7 Å². The van der Waals surface area contributed by atoms with Crippen LogP contribution in [-0.2, 0) is 0 Å². The molecule has 0 fully saturated rings. The molecule has 1 aromatic carbocycles. The number of aliphatic hydroxyl groups excluding tert-OH is 1. The van der Waals surface area contributed by atoms with E-state index in [1.165, 1.54) is 12.1 Å². The summed E-state index contributed by atoms with van der Waals surface area (Å²) in [5.74, 6) is 1.10. The molecule has 5 nitrogen and oxygen atoms in total. The van der Waals surface area contributed by atoms with Crippen molar-refractivity contribution in [3.05, 3.63) is 52.3 Å². The number of nitro groups is 1. The first-order valence-electron chi connectivity index (χ1n) is 5.64. The second kappa shape index (κ2) is 5.01. The van der Waals surface area contributed by atoms with Crippen molar-refractivity contribution < 1.29 is 14.4 Å². The first-order chi connectivity index (χ1) is 8.61. The van der Waals surface area contributed by atoms with Gasteiger partial charge in [-0.15, -0.1) is 0 Å². The Hall–Kier alpha value is -2.14. The fourth-order valence-corrected chi connectivity index (χ4v) is 1.64. The SMILES string of the molecule is CCC(O)c1ccc(-c2ccc([N+](=O)[O-])cc2)o1. The normalized spacial score (nSPS) is 12.3. The van der Waals surface area contributed by atoms with Crippen LogP contribution >= 0.6 is 0 Å². The molecule has 0 amide bonds. The number of nitrogens with zero attached hydrogens (tertiary/aromatic N) is 1. The summed E-state index contributed by atoms with van der Waals surface area (Å²) in [5.41, 5.74) is 0.786. The van der Waals surface area contributed by atoms with Gasteiger partial charge in [0.1, 0.15) is 17.6 Å². The minimum atomic E-state index is -0.614. The summed E-state index contributed by atoms with van der Waals surface area (Å²) in [4.78, 5) is 10.1. The van der Waals surface area contributed by atoms with Crippen LogP contribution in [-0.4, -0.2) is 10.0 Å². The quantitative estimate of drug-likeness (QED) is 0.664. The molecule has 1 aromatic heterocycles. The summed E-state index contributed by atoms with van der Waals surface area (Å²) in [5, 5.41) is 20.2. The van der Waals surface area contributed by atoms with Crippen molar-refractivity contribution in [1.82, 2.24) is 0 Å². The summed E-state index contributed by atoms with van der Waals surface area (Å²) < 4.78 is 5.50. The van der Waals surface area contributed by atoms with Gasteiger partial charge in [0.05, 0.1) is 4.92 Å². The summed E-state index contributed by atoms with van der Waals surface area (Å²) in [6, 6.07) is 9.56. The van der Waals surface area contributed by atoms with E-state index < -0.39 is 11.0 Å². The number of furan rings is 1. The topological polar surface area (TPSA) is 76.5 Å². The van der Waals surface area contributed by atoms with Crippen LogP contribution < -0.4 is 0 Å². The molecule has 0 aliphatic rings. The Bertz CT molecular complexity index is 544. The maximum atomic E-state index is 10.5. The minimum absolute atomic E-state index is 0.0409. The van der Waals surface area contributed by atoms with Crippen molar-refractivity contribution in [3.8, 4) is 11.3 Å². The van der Waals surface area contributed by atoms with E-state index in [1.807, 2.05) is 6.92 Å². The van der Waals surface area contributed by atoms with Crippen LogP contribution in [0.25, 0.3) is 11.3 Å². The van der Waals surface area contributed by atoms with E-state index >= 15 is 0 Å². The highest BCUT2D eigenvalue weighted by molar-refractivity contribution is 5.59. The third-order valence-electron chi connectivity index (χ3n) is 2.70. The Morgan fingerprint density at radius 3 is 2.50 bits per heavy atom. The molecular formula is C13H13NO4. The van der Waals surface area contributed by atoms with Gasteiger partial charge in [-0.25, -0.2) is 0 Å². The molecule has 2 aromatic rings. The zero-order chi connectivity index (χ0) is 13.1. The molecule has 1 unspecified atom stereocenters. The molecule has 94 valence electrons. The lowest BCUT2D eigenvalue weighted by molar-refractivity contribution is -0.384. The molecule has 0 aliphatic carbocycles. The molecule has 0 spiro atoms. The number of aliphatic hydroxyl groups is 1. The number of rotatable bonds is 4. The largest absolute Gasteiger partial charge is 0.458 e. The van der Waals surface area contributed by atoms with E-state index in [4.69, 9.17) is 4.42 Å². The Kier molecular flexibility index (Phi) is 3.43. The average Bonchev–Trinajstić information content (AvgIpc) is 2.87. The summed E-state index contributed by atoms with van der Waals surface area (Å²) in [6.45, 7) is 1.86. The number of non-ortho nitro benzene ring substituents is 1. The van der Waals surface area contributed by atoms with Gasteiger partial charge >= 0.3 is 0 Å². The predicted molar refractivity (Wildman–Crippen MR) is 66.0 cm³/mol. The molecule has 0 bridgehead atoms. The zero-order valence-corrected chi connectivity index (χ0v) is 9.87. The van der Waals surface area contributed by atoms with E-state index in [9.17, 15) is 15.2 Å². The second-order valence-electron chi connectivity index (χ2n) is 3.93. The highest BCUT2D eigenvalue weighted by Crippen LogP contribution is 2.27. The molecule has 0 saturated heterocycles. The lowest BCUT2D eigenvalue weighted by Crippen LogP contribution is -1.91. The molecule has 18 heavy (non-hydrogen) atoms. The van der Waals surface area contributed by atoms with Crippen LogP contribution in [0.1, 0.15) is 25.2 Å². The standard InChI is InChI=1S/C13H13NO4/c1-2-11(15)13-8-7-12(18-13)9-3-5-10(6-4-9)14(16)17/h3-8,11,15H,2H2,1H3. The van der Waals surface area contributed by atoms with E-state index in [2.05, 4.69) is 0 Å². The molecule has 0 radical (unpaired) electrons. The van der Waals surface area contributed by atoms with E-state index in [0.717, 1.165) is 5.56 Å². The van der Waals surface area contributed by atoms with Crippen molar-refractivity contribution in [2.75, 3.05) is 0 Å². The van der Waals surface area contributed by atoms with Crippen molar-refractivity contribution in [2.24, 2.45) is 0 Å².